The van der Waals surface area contributed by atoms with Crippen molar-refractivity contribution < 1.29 is 19.4 Å². The molecule has 2 aromatic carbocycles. The summed E-state index contributed by atoms with van der Waals surface area (Å²) in [5, 5.41) is 12.1. The van der Waals surface area contributed by atoms with Gasteiger partial charge in [0.1, 0.15) is 5.75 Å². The molecule has 0 unspecified atom stereocenters. The summed E-state index contributed by atoms with van der Waals surface area (Å²) in [6.45, 7) is 1.28. The number of carboxylic acid groups (broad SMARTS) is 1. The summed E-state index contributed by atoms with van der Waals surface area (Å²) in [5.74, 6) is -1.37. The molecule has 0 heterocycles. The lowest BCUT2D eigenvalue weighted by atomic mass is 10.1. The van der Waals surface area contributed by atoms with Crippen molar-refractivity contribution >= 4 is 40.8 Å². The number of aliphatic carboxylic acids is 1. The van der Waals surface area contributed by atoms with Crippen molar-refractivity contribution in [3.8, 4) is 5.75 Å². The van der Waals surface area contributed by atoms with Gasteiger partial charge in [-0.3, -0.25) is 4.79 Å². The van der Waals surface area contributed by atoms with Gasteiger partial charge in [-0.25, -0.2) is 4.79 Å². The lowest BCUT2D eigenvalue weighted by Gasteiger charge is -2.12. The van der Waals surface area contributed by atoms with Crippen LogP contribution in [0.1, 0.15) is 15.9 Å². The Morgan fingerprint density at radius 2 is 1.87 bits per heavy atom. The first kappa shape index (κ1) is 17.1. The molecule has 2 aromatic rings. The number of hydrogen-bond acceptors (Lipinski definition) is 3. The zero-order valence-corrected chi connectivity index (χ0v) is 13.6. The number of amides is 1. The van der Waals surface area contributed by atoms with E-state index in [1.54, 1.807) is 30.3 Å². The number of benzene rings is 2. The Hall–Kier alpha value is -2.24. The summed E-state index contributed by atoms with van der Waals surface area (Å²) in [7, 11) is 0. The fourth-order valence-electron chi connectivity index (χ4n) is 1.86. The molecular formula is C16H13Cl2NO4. The fraction of sp³-hybridized carbons (Fsp3) is 0.125. The van der Waals surface area contributed by atoms with Crippen LogP contribution in [0.3, 0.4) is 0 Å². The van der Waals surface area contributed by atoms with Crippen LogP contribution in [0.25, 0.3) is 0 Å². The molecular weight excluding hydrogens is 341 g/mol. The normalized spacial score (nSPS) is 10.2. The molecule has 0 spiro atoms. The van der Waals surface area contributed by atoms with Crippen molar-refractivity contribution in [2.75, 3.05) is 11.9 Å². The molecule has 0 saturated carbocycles. The highest BCUT2D eigenvalue weighted by Crippen LogP contribution is 2.26. The van der Waals surface area contributed by atoms with Gasteiger partial charge in [-0.05, 0) is 37.3 Å². The van der Waals surface area contributed by atoms with Crippen LogP contribution in [0.5, 0.6) is 5.75 Å². The average molecular weight is 354 g/mol. The number of aryl methyl sites for hydroxylation is 1. The first-order valence-electron chi connectivity index (χ1n) is 6.58. The second kappa shape index (κ2) is 7.35. The van der Waals surface area contributed by atoms with Gasteiger partial charge < -0.3 is 15.2 Å². The molecule has 0 fully saturated rings. The van der Waals surface area contributed by atoms with Gasteiger partial charge >= 0.3 is 5.97 Å². The summed E-state index contributed by atoms with van der Waals surface area (Å²) < 4.78 is 5.15. The number of carboxylic acids is 1. The van der Waals surface area contributed by atoms with E-state index in [-0.39, 0.29) is 11.3 Å². The number of carbonyl (C=O) groups is 2. The molecule has 0 atom stereocenters. The minimum atomic E-state index is -1.12. The third kappa shape index (κ3) is 4.61. The van der Waals surface area contributed by atoms with E-state index in [0.29, 0.717) is 15.7 Å². The van der Waals surface area contributed by atoms with Crippen molar-refractivity contribution in [1.29, 1.82) is 0 Å². The average Bonchev–Trinajstić information content (AvgIpc) is 2.49. The molecule has 0 aliphatic heterocycles. The van der Waals surface area contributed by atoms with E-state index < -0.39 is 18.5 Å². The highest BCUT2D eigenvalue weighted by atomic mass is 35.5. The van der Waals surface area contributed by atoms with Crippen molar-refractivity contribution in [3.63, 3.8) is 0 Å². The van der Waals surface area contributed by atoms with Crippen LogP contribution in [-0.4, -0.2) is 23.6 Å². The molecule has 7 heteroatoms. The molecule has 120 valence electrons. The van der Waals surface area contributed by atoms with Crippen molar-refractivity contribution in [2.45, 2.75) is 6.92 Å². The second-order valence-corrected chi connectivity index (χ2v) is 5.58. The Bertz CT molecular complexity index is 762. The zero-order chi connectivity index (χ0) is 17.0. The van der Waals surface area contributed by atoms with Crippen LogP contribution in [0.4, 0.5) is 5.69 Å². The fourth-order valence-corrected chi connectivity index (χ4v) is 2.16. The number of ether oxygens (including phenoxy) is 1. The lowest BCUT2D eigenvalue weighted by Crippen LogP contribution is -2.16. The van der Waals surface area contributed by atoms with Gasteiger partial charge in [0.05, 0.1) is 15.6 Å². The van der Waals surface area contributed by atoms with Crippen LogP contribution >= 0.6 is 23.2 Å². The number of halogens is 2. The predicted molar refractivity (Wildman–Crippen MR) is 88.7 cm³/mol. The van der Waals surface area contributed by atoms with Gasteiger partial charge in [0.2, 0.25) is 0 Å². The molecule has 1 amide bonds. The van der Waals surface area contributed by atoms with Gasteiger partial charge in [-0.2, -0.15) is 0 Å². The van der Waals surface area contributed by atoms with Gasteiger partial charge in [-0.1, -0.05) is 34.8 Å². The SMILES string of the molecule is Cc1ccc(OCC(=O)O)c(C(=O)Nc2ccc(Cl)c(Cl)c2)c1. The van der Waals surface area contributed by atoms with Crippen LogP contribution < -0.4 is 10.1 Å². The topological polar surface area (TPSA) is 75.6 Å². The molecule has 0 bridgehead atoms. The van der Waals surface area contributed by atoms with E-state index in [4.69, 9.17) is 33.0 Å². The maximum atomic E-state index is 12.4. The van der Waals surface area contributed by atoms with E-state index >= 15 is 0 Å². The van der Waals surface area contributed by atoms with E-state index in [1.165, 1.54) is 6.07 Å². The molecule has 23 heavy (non-hydrogen) atoms. The summed E-state index contributed by atoms with van der Waals surface area (Å²) >= 11 is 11.7. The van der Waals surface area contributed by atoms with Crippen molar-refractivity contribution in [3.05, 3.63) is 57.6 Å². The number of anilines is 1. The number of hydrogen-bond donors (Lipinski definition) is 2. The van der Waals surface area contributed by atoms with E-state index in [1.807, 2.05) is 6.92 Å². The Morgan fingerprint density at radius 1 is 1.13 bits per heavy atom. The van der Waals surface area contributed by atoms with Crippen molar-refractivity contribution in [2.24, 2.45) is 0 Å². The van der Waals surface area contributed by atoms with Crippen LogP contribution in [0, 0.1) is 6.92 Å². The summed E-state index contributed by atoms with van der Waals surface area (Å²) in [5.41, 5.74) is 1.54. The monoisotopic (exact) mass is 353 g/mol. The first-order valence-corrected chi connectivity index (χ1v) is 7.34. The second-order valence-electron chi connectivity index (χ2n) is 4.77. The van der Waals surface area contributed by atoms with Crippen molar-refractivity contribution in [1.82, 2.24) is 0 Å². The van der Waals surface area contributed by atoms with E-state index in [0.717, 1.165) is 5.56 Å². The molecule has 0 radical (unpaired) electrons. The standard InChI is InChI=1S/C16H13Cl2NO4/c1-9-2-5-14(23-8-15(20)21)11(6-9)16(22)19-10-3-4-12(17)13(18)7-10/h2-7H,8H2,1H3,(H,19,22)(H,20,21). The number of carbonyl (C=O) groups excluding carboxylic acids is 1. The third-order valence-corrected chi connectivity index (χ3v) is 3.65. The molecule has 0 aliphatic rings. The lowest BCUT2D eigenvalue weighted by molar-refractivity contribution is -0.139. The molecule has 0 aromatic heterocycles. The highest BCUT2D eigenvalue weighted by Gasteiger charge is 2.15. The van der Waals surface area contributed by atoms with Gasteiger partial charge in [0, 0.05) is 5.69 Å². The minimum Gasteiger partial charge on any atom is -0.481 e. The highest BCUT2D eigenvalue weighted by molar-refractivity contribution is 6.42. The molecule has 2 rings (SSSR count). The Kier molecular flexibility index (Phi) is 5.47. The van der Waals surface area contributed by atoms with Crippen LogP contribution in [0.2, 0.25) is 10.0 Å². The molecule has 0 aliphatic carbocycles. The van der Waals surface area contributed by atoms with Crippen LogP contribution in [0.15, 0.2) is 36.4 Å². The Balaban J connectivity index is 2.24. The minimum absolute atomic E-state index is 0.190. The maximum absolute atomic E-state index is 12.4. The molecule has 5 nitrogen and oxygen atoms in total. The summed E-state index contributed by atoms with van der Waals surface area (Å²) in [4.78, 5) is 23.0. The maximum Gasteiger partial charge on any atom is 0.341 e. The Labute approximate surface area is 142 Å². The van der Waals surface area contributed by atoms with E-state index in [9.17, 15) is 9.59 Å². The van der Waals surface area contributed by atoms with Gasteiger partial charge in [0.15, 0.2) is 6.61 Å². The number of rotatable bonds is 5. The Morgan fingerprint density at radius 3 is 2.52 bits per heavy atom. The van der Waals surface area contributed by atoms with E-state index in [2.05, 4.69) is 5.32 Å². The van der Waals surface area contributed by atoms with Gasteiger partial charge in [-0.15, -0.1) is 0 Å². The third-order valence-electron chi connectivity index (χ3n) is 2.91. The summed E-state index contributed by atoms with van der Waals surface area (Å²) in [6.07, 6.45) is 0. The quantitative estimate of drug-likeness (QED) is 0.851. The number of nitrogens with one attached hydrogen (secondary N) is 1. The van der Waals surface area contributed by atoms with Gasteiger partial charge in [0.25, 0.3) is 5.91 Å². The zero-order valence-electron chi connectivity index (χ0n) is 12.1. The largest absolute Gasteiger partial charge is 0.481 e. The predicted octanol–water partition coefficient (Wildman–Crippen LogP) is 4.02. The summed E-state index contributed by atoms with van der Waals surface area (Å²) in [6, 6.07) is 9.60. The smallest absolute Gasteiger partial charge is 0.341 e. The molecule has 2 N–H and O–H groups in total. The van der Waals surface area contributed by atoms with Crippen LogP contribution in [-0.2, 0) is 4.79 Å². The molecule has 0 saturated heterocycles. The first-order chi connectivity index (χ1) is 10.9.